The molecule has 0 aliphatic carbocycles. The summed E-state index contributed by atoms with van der Waals surface area (Å²) < 4.78 is 0. The van der Waals surface area contributed by atoms with Crippen molar-refractivity contribution >= 4 is 22.7 Å². The largest absolute Gasteiger partial charge is 0.312 e. The molecule has 1 aromatic carbocycles. The minimum absolute atomic E-state index is 0.926. The third kappa shape index (κ3) is 2.73. The number of aromatic amines is 1. The van der Waals surface area contributed by atoms with Gasteiger partial charge in [0.1, 0.15) is 0 Å². The van der Waals surface area contributed by atoms with Crippen molar-refractivity contribution in [1.29, 1.82) is 0 Å². The third-order valence-corrected chi connectivity index (χ3v) is 2.93. The predicted molar refractivity (Wildman–Crippen MR) is 66.2 cm³/mol. The van der Waals surface area contributed by atoms with Crippen LogP contribution in [0.2, 0.25) is 0 Å². The van der Waals surface area contributed by atoms with Crippen molar-refractivity contribution in [3.63, 3.8) is 0 Å². The maximum Gasteiger partial charge on any atom is 0.0653 e. The number of nitrogens with one attached hydrogen (secondary N) is 2. The summed E-state index contributed by atoms with van der Waals surface area (Å²) in [6, 6.07) is 6.39. The minimum atomic E-state index is 0.926. The zero-order valence-electron chi connectivity index (χ0n) is 8.79. The van der Waals surface area contributed by atoms with Gasteiger partial charge in [-0.1, -0.05) is 12.1 Å². The normalized spacial score (nSPS) is 11.0. The van der Waals surface area contributed by atoms with E-state index in [0.717, 1.165) is 24.4 Å². The van der Waals surface area contributed by atoms with Crippen molar-refractivity contribution in [2.75, 3.05) is 18.6 Å². The van der Waals surface area contributed by atoms with E-state index in [1.165, 1.54) is 10.9 Å². The Labute approximate surface area is 93.6 Å². The molecule has 0 aliphatic heterocycles. The molecule has 4 heteroatoms. The maximum atomic E-state index is 4.00. The first-order valence-corrected chi connectivity index (χ1v) is 6.41. The smallest absolute Gasteiger partial charge is 0.0653 e. The Kier molecular flexibility index (Phi) is 3.64. The first kappa shape index (κ1) is 10.5. The number of hydrogen-bond acceptors (Lipinski definition) is 3. The molecule has 2 N–H and O–H groups in total. The van der Waals surface area contributed by atoms with E-state index in [-0.39, 0.29) is 0 Å². The molecule has 0 saturated heterocycles. The van der Waals surface area contributed by atoms with Gasteiger partial charge in [-0.15, -0.1) is 0 Å². The average Bonchev–Trinajstić information content (AvgIpc) is 2.71. The van der Waals surface area contributed by atoms with Gasteiger partial charge in [0.05, 0.1) is 11.7 Å². The van der Waals surface area contributed by atoms with Gasteiger partial charge < -0.3 is 5.32 Å². The summed E-state index contributed by atoms with van der Waals surface area (Å²) in [6.45, 7) is 1.98. The quantitative estimate of drug-likeness (QED) is 0.759. The second-order valence-electron chi connectivity index (χ2n) is 3.46. The summed E-state index contributed by atoms with van der Waals surface area (Å²) in [4.78, 5) is 0. The fourth-order valence-electron chi connectivity index (χ4n) is 1.50. The van der Waals surface area contributed by atoms with Crippen LogP contribution in [0.5, 0.6) is 0 Å². The van der Waals surface area contributed by atoms with E-state index in [9.17, 15) is 0 Å². The summed E-state index contributed by atoms with van der Waals surface area (Å²) in [5.74, 6) is 1.16. The third-order valence-electron chi connectivity index (χ3n) is 2.32. The van der Waals surface area contributed by atoms with E-state index < -0.39 is 0 Å². The van der Waals surface area contributed by atoms with Crippen LogP contribution in [0.25, 0.3) is 10.9 Å². The summed E-state index contributed by atoms with van der Waals surface area (Å²) in [5, 5.41) is 11.6. The molecule has 0 bridgehead atoms. The van der Waals surface area contributed by atoms with Crippen LogP contribution >= 0.6 is 11.8 Å². The van der Waals surface area contributed by atoms with Gasteiger partial charge in [0.2, 0.25) is 0 Å². The summed E-state index contributed by atoms with van der Waals surface area (Å²) in [5.41, 5.74) is 2.41. The Morgan fingerprint density at radius 3 is 3.27 bits per heavy atom. The Hall–Kier alpha value is -1.00. The molecule has 0 atom stereocenters. The Morgan fingerprint density at radius 1 is 1.47 bits per heavy atom. The number of aromatic nitrogens is 2. The topological polar surface area (TPSA) is 40.7 Å². The number of benzene rings is 1. The highest BCUT2D eigenvalue weighted by molar-refractivity contribution is 7.98. The van der Waals surface area contributed by atoms with Gasteiger partial charge in [0, 0.05) is 24.2 Å². The predicted octanol–water partition coefficient (Wildman–Crippen LogP) is 2.02. The van der Waals surface area contributed by atoms with Gasteiger partial charge in [0.25, 0.3) is 0 Å². The highest BCUT2D eigenvalue weighted by atomic mass is 32.2. The van der Waals surface area contributed by atoms with Crippen molar-refractivity contribution < 1.29 is 0 Å². The molecule has 0 unspecified atom stereocenters. The number of thioether (sulfide) groups is 1. The van der Waals surface area contributed by atoms with Crippen LogP contribution in [0.1, 0.15) is 5.56 Å². The van der Waals surface area contributed by atoms with Gasteiger partial charge in [-0.3, -0.25) is 5.10 Å². The van der Waals surface area contributed by atoms with Crippen molar-refractivity contribution in [1.82, 2.24) is 15.5 Å². The molecule has 2 aromatic rings. The van der Waals surface area contributed by atoms with Crippen molar-refractivity contribution in [2.24, 2.45) is 0 Å². The molecule has 0 amide bonds. The number of H-pyrrole nitrogens is 1. The van der Waals surface area contributed by atoms with E-state index in [1.807, 2.05) is 18.0 Å². The lowest BCUT2D eigenvalue weighted by Gasteiger charge is -2.03. The lowest BCUT2D eigenvalue weighted by molar-refractivity contribution is 0.733. The summed E-state index contributed by atoms with van der Waals surface area (Å²) in [7, 11) is 0. The highest BCUT2D eigenvalue weighted by Crippen LogP contribution is 2.12. The average molecular weight is 221 g/mol. The standard InChI is InChI=1S/C11H15N3S/c1-15-5-4-12-7-9-2-3-10-8-13-14-11(10)6-9/h2-3,6,8,12H,4-5,7H2,1H3,(H,13,14). The van der Waals surface area contributed by atoms with Gasteiger partial charge in [-0.05, 0) is 17.9 Å². The van der Waals surface area contributed by atoms with Gasteiger partial charge in [-0.25, -0.2) is 0 Å². The van der Waals surface area contributed by atoms with E-state index in [0.29, 0.717) is 0 Å². The van der Waals surface area contributed by atoms with Crippen LogP contribution in [0.3, 0.4) is 0 Å². The number of hydrogen-bond donors (Lipinski definition) is 2. The molecule has 0 fully saturated rings. The molecule has 15 heavy (non-hydrogen) atoms. The first-order chi connectivity index (χ1) is 7.40. The highest BCUT2D eigenvalue weighted by Gasteiger charge is 1.97. The monoisotopic (exact) mass is 221 g/mol. The number of rotatable bonds is 5. The van der Waals surface area contributed by atoms with Crippen LogP contribution in [-0.2, 0) is 6.54 Å². The number of fused-ring (bicyclic) bond motifs is 1. The van der Waals surface area contributed by atoms with E-state index >= 15 is 0 Å². The zero-order chi connectivity index (χ0) is 10.5. The van der Waals surface area contributed by atoms with Crippen LogP contribution in [0.4, 0.5) is 0 Å². The maximum absolute atomic E-state index is 4.00. The number of nitrogens with zero attached hydrogens (tertiary/aromatic N) is 1. The molecular formula is C11H15N3S. The molecule has 0 saturated carbocycles. The van der Waals surface area contributed by atoms with Gasteiger partial charge in [0.15, 0.2) is 0 Å². The molecular weight excluding hydrogens is 206 g/mol. The van der Waals surface area contributed by atoms with E-state index in [2.05, 4.69) is 40.0 Å². The molecule has 0 radical (unpaired) electrons. The SMILES string of the molecule is CSCCNCc1ccc2cn[nH]c2c1. The minimum Gasteiger partial charge on any atom is -0.312 e. The lowest BCUT2D eigenvalue weighted by Crippen LogP contribution is -2.16. The van der Waals surface area contributed by atoms with Crippen molar-refractivity contribution in [3.8, 4) is 0 Å². The van der Waals surface area contributed by atoms with Crippen molar-refractivity contribution in [2.45, 2.75) is 6.54 Å². The Balaban J connectivity index is 1.96. The molecule has 0 aliphatic rings. The van der Waals surface area contributed by atoms with E-state index in [1.54, 1.807) is 0 Å². The lowest BCUT2D eigenvalue weighted by atomic mass is 10.2. The van der Waals surface area contributed by atoms with E-state index in [4.69, 9.17) is 0 Å². The summed E-state index contributed by atoms with van der Waals surface area (Å²) >= 11 is 1.86. The fraction of sp³-hybridized carbons (Fsp3) is 0.364. The van der Waals surface area contributed by atoms with Crippen LogP contribution < -0.4 is 5.32 Å². The summed E-state index contributed by atoms with van der Waals surface area (Å²) in [6.07, 6.45) is 3.97. The molecule has 80 valence electrons. The molecule has 1 heterocycles. The van der Waals surface area contributed by atoms with Gasteiger partial charge >= 0.3 is 0 Å². The van der Waals surface area contributed by atoms with Crippen LogP contribution in [-0.4, -0.2) is 28.8 Å². The zero-order valence-corrected chi connectivity index (χ0v) is 9.60. The molecule has 3 nitrogen and oxygen atoms in total. The van der Waals surface area contributed by atoms with Gasteiger partial charge in [-0.2, -0.15) is 16.9 Å². The molecule has 2 rings (SSSR count). The van der Waals surface area contributed by atoms with Crippen LogP contribution in [0, 0.1) is 0 Å². The molecule has 0 spiro atoms. The fourth-order valence-corrected chi connectivity index (χ4v) is 1.85. The second kappa shape index (κ2) is 5.19. The molecule has 1 aromatic heterocycles. The second-order valence-corrected chi connectivity index (χ2v) is 4.45. The first-order valence-electron chi connectivity index (χ1n) is 5.02. The van der Waals surface area contributed by atoms with Crippen LogP contribution in [0.15, 0.2) is 24.4 Å². The Bertz CT molecular complexity index is 424. The van der Waals surface area contributed by atoms with Crippen molar-refractivity contribution in [3.05, 3.63) is 30.0 Å². The Morgan fingerprint density at radius 2 is 2.40 bits per heavy atom.